The van der Waals surface area contributed by atoms with E-state index in [0.29, 0.717) is 12.6 Å². The minimum atomic E-state index is -3.82. The molecule has 1 aliphatic carbocycles. The van der Waals surface area contributed by atoms with E-state index in [1.807, 2.05) is 0 Å². The molecule has 7 nitrogen and oxygen atoms in total. The van der Waals surface area contributed by atoms with Gasteiger partial charge in [0.1, 0.15) is 22.0 Å². The fraction of sp³-hybridized carbons (Fsp3) is 0.615. The third-order valence-electron chi connectivity index (χ3n) is 3.29. The first-order valence-corrected chi connectivity index (χ1v) is 8.26. The summed E-state index contributed by atoms with van der Waals surface area (Å²) in [4.78, 5) is 11.6. The van der Waals surface area contributed by atoms with Crippen LogP contribution in [-0.4, -0.2) is 40.6 Å². The van der Waals surface area contributed by atoms with Gasteiger partial charge in [-0.3, -0.25) is 0 Å². The highest BCUT2D eigenvalue weighted by molar-refractivity contribution is 7.89. The van der Waals surface area contributed by atoms with Crippen molar-refractivity contribution in [1.29, 1.82) is 0 Å². The van der Waals surface area contributed by atoms with Crippen LogP contribution in [0.1, 0.15) is 34.7 Å². The molecule has 0 saturated heterocycles. The van der Waals surface area contributed by atoms with Gasteiger partial charge in [-0.25, -0.2) is 17.9 Å². The van der Waals surface area contributed by atoms with E-state index < -0.39 is 16.0 Å². The van der Waals surface area contributed by atoms with Crippen molar-refractivity contribution in [3.05, 3.63) is 17.1 Å². The van der Waals surface area contributed by atoms with Gasteiger partial charge in [0.05, 0.1) is 7.11 Å². The normalized spacial score (nSPS) is 15.2. The number of hydrogen-bond acceptors (Lipinski definition) is 6. The summed E-state index contributed by atoms with van der Waals surface area (Å²) in [6.45, 7) is 3.85. The zero-order chi connectivity index (χ0) is 15.6. The Labute approximate surface area is 124 Å². The van der Waals surface area contributed by atoms with Crippen LogP contribution in [0.5, 0.6) is 0 Å². The molecular weight excluding hydrogens is 296 g/mol. The number of carbonyl (C=O) groups excluding carboxylic acids is 1. The predicted molar refractivity (Wildman–Crippen MR) is 75.7 cm³/mol. The molecule has 0 amide bonds. The second-order valence-corrected chi connectivity index (χ2v) is 6.74. The highest BCUT2D eigenvalue weighted by Crippen LogP contribution is 2.27. The van der Waals surface area contributed by atoms with Crippen LogP contribution < -0.4 is 10.0 Å². The average molecular weight is 316 g/mol. The summed E-state index contributed by atoms with van der Waals surface area (Å²) in [5, 5.41) is 3.21. The molecule has 1 fully saturated rings. The number of nitrogens with one attached hydrogen (secondary N) is 2. The van der Waals surface area contributed by atoms with Crippen LogP contribution in [0.15, 0.2) is 9.31 Å². The van der Waals surface area contributed by atoms with Gasteiger partial charge >= 0.3 is 5.97 Å². The SMILES string of the molecule is COC(=O)c1c(C)oc(C)c1S(=O)(=O)NCCNC1CC1. The number of ether oxygens (including phenoxy) is 1. The van der Waals surface area contributed by atoms with E-state index in [2.05, 4.69) is 14.8 Å². The fourth-order valence-corrected chi connectivity index (χ4v) is 3.58. The highest BCUT2D eigenvalue weighted by atomic mass is 32.2. The molecule has 0 aliphatic heterocycles. The Balaban J connectivity index is 2.15. The molecule has 1 aromatic heterocycles. The molecule has 0 aromatic carbocycles. The number of methoxy groups -OCH3 is 1. The monoisotopic (exact) mass is 316 g/mol. The Kier molecular flexibility index (Phi) is 4.70. The van der Waals surface area contributed by atoms with Crippen molar-refractivity contribution in [2.45, 2.75) is 37.6 Å². The van der Waals surface area contributed by atoms with Crippen LogP contribution >= 0.6 is 0 Å². The maximum Gasteiger partial charge on any atom is 0.342 e. The lowest BCUT2D eigenvalue weighted by Gasteiger charge is -2.08. The van der Waals surface area contributed by atoms with Crippen LogP contribution in [0.25, 0.3) is 0 Å². The van der Waals surface area contributed by atoms with Crippen LogP contribution in [0, 0.1) is 13.8 Å². The van der Waals surface area contributed by atoms with Crippen molar-refractivity contribution in [2.24, 2.45) is 0 Å². The second-order valence-electron chi connectivity index (χ2n) is 5.04. The molecule has 118 valence electrons. The van der Waals surface area contributed by atoms with Gasteiger partial charge in [-0.1, -0.05) is 0 Å². The molecule has 8 heteroatoms. The van der Waals surface area contributed by atoms with Crippen LogP contribution in [0.2, 0.25) is 0 Å². The molecule has 21 heavy (non-hydrogen) atoms. The van der Waals surface area contributed by atoms with Crippen molar-refractivity contribution in [3.63, 3.8) is 0 Å². The standard InChI is InChI=1S/C13H20N2O5S/c1-8-11(13(16)19-3)12(9(2)20-8)21(17,18)15-7-6-14-10-4-5-10/h10,14-15H,4-7H2,1-3H3. The first kappa shape index (κ1) is 16.0. The van der Waals surface area contributed by atoms with Gasteiger partial charge in [-0.15, -0.1) is 0 Å². The van der Waals surface area contributed by atoms with Crippen LogP contribution in [-0.2, 0) is 14.8 Å². The van der Waals surface area contributed by atoms with Gasteiger partial charge in [0, 0.05) is 19.1 Å². The number of aryl methyl sites for hydroxylation is 2. The molecule has 1 aromatic rings. The Morgan fingerprint density at radius 3 is 2.52 bits per heavy atom. The van der Waals surface area contributed by atoms with Crippen molar-refractivity contribution >= 4 is 16.0 Å². The fourth-order valence-electron chi connectivity index (χ4n) is 2.15. The van der Waals surface area contributed by atoms with Crippen molar-refractivity contribution in [3.8, 4) is 0 Å². The molecule has 0 unspecified atom stereocenters. The summed E-state index contributed by atoms with van der Waals surface area (Å²) < 4.78 is 37.1. The van der Waals surface area contributed by atoms with Gasteiger partial charge in [-0.05, 0) is 26.7 Å². The van der Waals surface area contributed by atoms with E-state index in [4.69, 9.17) is 4.42 Å². The maximum absolute atomic E-state index is 12.4. The largest absolute Gasteiger partial charge is 0.465 e. The lowest BCUT2D eigenvalue weighted by atomic mass is 10.2. The van der Waals surface area contributed by atoms with Crippen molar-refractivity contribution in [1.82, 2.24) is 10.0 Å². The van der Waals surface area contributed by atoms with Crippen LogP contribution in [0.4, 0.5) is 0 Å². The minimum absolute atomic E-state index is 0.0438. The molecule has 1 aliphatic rings. The summed E-state index contributed by atoms with van der Waals surface area (Å²) in [7, 11) is -2.62. The molecule has 0 radical (unpaired) electrons. The number of furan rings is 1. The van der Waals surface area contributed by atoms with Crippen molar-refractivity contribution in [2.75, 3.05) is 20.2 Å². The lowest BCUT2D eigenvalue weighted by molar-refractivity contribution is 0.0595. The van der Waals surface area contributed by atoms with E-state index in [1.54, 1.807) is 0 Å². The lowest BCUT2D eigenvalue weighted by Crippen LogP contribution is -2.33. The Bertz CT molecular complexity index is 631. The third-order valence-corrected chi connectivity index (χ3v) is 4.90. The predicted octanol–water partition coefficient (Wildman–Crippen LogP) is 0.713. The molecule has 0 bridgehead atoms. The summed E-state index contributed by atoms with van der Waals surface area (Å²) in [6.07, 6.45) is 2.28. The minimum Gasteiger partial charge on any atom is -0.465 e. The Morgan fingerprint density at radius 2 is 1.95 bits per heavy atom. The highest BCUT2D eigenvalue weighted by Gasteiger charge is 2.31. The second kappa shape index (κ2) is 6.17. The van der Waals surface area contributed by atoms with E-state index in [0.717, 1.165) is 12.8 Å². The van der Waals surface area contributed by atoms with Gasteiger partial charge < -0.3 is 14.5 Å². The molecule has 0 spiro atoms. The number of rotatable bonds is 7. The first-order valence-electron chi connectivity index (χ1n) is 6.78. The van der Waals surface area contributed by atoms with Gasteiger partial charge in [0.25, 0.3) is 0 Å². The molecule has 2 rings (SSSR count). The molecule has 0 atom stereocenters. The van der Waals surface area contributed by atoms with Crippen molar-refractivity contribution < 1.29 is 22.4 Å². The number of hydrogen-bond donors (Lipinski definition) is 2. The molecule has 2 N–H and O–H groups in total. The number of esters is 1. The summed E-state index contributed by atoms with van der Waals surface area (Å²) in [5.41, 5.74) is -0.0438. The van der Waals surface area contributed by atoms with Crippen LogP contribution in [0.3, 0.4) is 0 Å². The quantitative estimate of drug-likeness (QED) is 0.568. The summed E-state index contributed by atoms with van der Waals surface area (Å²) in [5.74, 6) is -0.313. The third kappa shape index (κ3) is 3.63. The van der Waals surface area contributed by atoms with E-state index in [9.17, 15) is 13.2 Å². The van der Waals surface area contributed by atoms with E-state index >= 15 is 0 Å². The zero-order valence-corrected chi connectivity index (χ0v) is 13.2. The van der Waals surface area contributed by atoms with Gasteiger partial charge in [0.2, 0.25) is 10.0 Å². The Morgan fingerprint density at radius 1 is 1.29 bits per heavy atom. The smallest absolute Gasteiger partial charge is 0.342 e. The summed E-state index contributed by atoms with van der Waals surface area (Å²) >= 11 is 0. The van der Waals surface area contributed by atoms with Gasteiger partial charge in [-0.2, -0.15) is 0 Å². The molecule has 1 saturated carbocycles. The first-order chi connectivity index (χ1) is 9.86. The number of sulfonamides is 1. The van der Waals surface area contributed by atoms with Gasteiger partial charge in [0.15, 0.2) is 0 Å². The van der Waals surface area contributed by atoms with E-state index in [1.165, 1.54) is 21.0 Å². The topological polar surface area (TPSA) is 97.6 Å². The molecule has 1 heterocycles. The Hall–Kier alpha value is -1.38. The zero-order valence-electron chi connectivity index (χ0n) is 12.4. The average Bonchev–Trinajstić information content (AvgIpc) is 3.18. The molecular formula is C13H20N2O5S. The number of carbonyl (C=O) groups is 1. The maximum atomic E-state index is 12.4. The van der Waals surface area contributed by atoms with E-state index in [-0.39, 0.29) is 28.5 Å². The summed E-state index contributed by atoms with van der Waals surface area (Å²) in [6, 6.07) is 0.512.